The highest BCUT2D eigenvalue weighted by Crippen LogP contribution is 2.29. The van der Waals surface area contributed by atoms with E-state index >= 15 is 0 Å². The molecule has 0 bridgehead atoms. The molecule has 5 aromatic carbocycles. The van der Waals surface area contributed by atoms with E-state index in [2.05, 4.69) is 0 Å². The Morgan fingerprint density at radius 2 is 0.829 bits per heavy atom. The van der Waals surface area contributed by atoms with Gasteiger partial charge in [-0.25, -0.2) is 0 Å². The summed E-state index contributed by atoms with van der Waals surface area (Å²) in [6, 6.07) is 40.5. The van der Waals surface area contributed by atoms with Crippen LogP contribution < -0.4 is 9.47 Å². The fourth-order valence-electron chi connectivity index (χ4n) is 3.74. The molecular formula is C32H24O3. The van der Waals surface area contributed by atoms with Crippen molar-refractivity contribution in [3.8, 4) is 34.1 Å². The Morgan fingerprint density at radius 3 is 1.29 bits per heavy atom. The van der Waals surface area contributed by atoms with Gasteiger partial charge in [0.25, 0.3) is 0 Å². The van der Waals surface area contributed by atoms with Gasteiger partial charge in [-0.15, -0.1) is 0 Å². The summed E-state index contributed by atoms with van der Waals surface area (Å²) in [7, 11) is 0. The standard InChI is InChI=1S/C32H24O3/c1-23-7-9-26(10-8-23)32(33)27-15-21-31(22-16-27)35-30-19-13-25(14-20-30)24-11-17-29(18-12-24)34-28-5-3-2-4-6-28/h2-22H,1H3. The first-order valence-electron chi connectivity index (χ1n) is 11.5. The molecule has 0 aliphatic carbocycles. The van der Waals surface area contributed by atoms with Gasteiger partial charge < -0.3 is 9.47 Å². The Kier molecular flexibility index (Phi) is 6.40. The first-order chi connectivity index (χ1) is 17.1. The molecule has 0 aliphatic heterocycles. The van der Waals surface area contributed by atoms with Crippen LogP contribution in [-0.2, 0) is 0 Å². The van der Waals surface area contributed by atoms with Crippen LogP contribution in [0.3, 0.4) is 0 Å². The Morgan fingerprint density at radius 1 is 0.457 bits per heavy atom. The summed E-state index contributed by atoms with van der Waals surface area (Å²) in [4.78, 5) is 12.7. The second-order valence-electron chi connectivity index (χ2n) is 8.29. The minimum absolute atomic E-state index is 0.00101. The van der Waals surface area contributed by atoms with Gasteiger partial charge in [0.15, 0.2) is 5.78 Å². The van der Waals surface area contributed by atoms with Gasteiger partial charge in [0.1, 0.15) is 23.0 Å². The molecule has 0 aromatic heterocycles. The van der Waals surface area contributed by atoms with E-state index in [0.717, 1.165) is 33.9 Å². The van der Waals surface area contributed by atoms with E-state index in [9.17, 15) is 4.79 Å². The molecule has 5 rings (SSSR count). The molecule has 5 aromatic rings. The zero-order valence-corrected chi connectivity index (χ0v) is 19.3. The molecule has 3 heteroatoms. The maximum atomic E-state index is 12.7. The monoisotopic (exact) mass is 456 g/mol. The van der Waals surface area contributed by atoms with Gasteiger partial charge in [-0.3, -0.25) is 4.79 Å². The minimum Gasteiger partial charge on any atom is -0.457 e. The highest BCUT2D eigenvalue weighted by molar-refractivity contribution is 6.09. The van der Waals surface area contributed by atoms with Crippen LogP contribution in [0.1, 0.15) is 21.5 Å². The number of rotatable bonds is 7. The second-order valence-corrected chi connectivity index (χ2v) is 8.29. The van der Waals surface area contributed by atoms with Crippen molar-refractivity contribution >= 4 is 5.78 Å². The zero-order chi connectivity index (χ0) is 24.0. The van der Waals surface area contributed by atoms with E-state index in [-0.39, 0.29) is 5.78 Å². The summed E-state index contributed by atoms with van der Waals surface area (Å²) in [5.41, 5.74) is 4.62. The molecule has 0 heterocycles. The molecule has 0 radical (unpaired) electrons. The van der Waals surface area contributed by atoms with Crippen LogP contribution in [0.4, 0.5) is 0 Å². The van der Waals surface area contributed by atoms with Crippen molar-refractivity contribution in [2.24, 2.45) is 0 Å². The topological polar surface area (TPSA) is 35.5 Å². The lowest BCUT2D eigenvalue weighted by molar-refractivity contribution is 0.103. The van der Waals surface area contributed by atoms with Crippen LogP contribution in [0.15, 0.2) is 127 Å². The van der Waals surface area contributed by atoms with Crippen LogP contribution in [0.5, 0.6) is 23.0 Å². The zero-order valence-electron chi connectivity index (χ0n) is 19.3. The first kappa shape index (κ1) is 22.2. The van der Waals surface area contributed by atoms with E-state index < -0.39 is 0 Å². The van der Waals surface area contributed by atoms with Gasteiger partial charge in [-0.1, -0.05) is 72.3 Å². The molecule has 0 unspecified atom stereocenters. The predicted molar refractivity (Wildman–Crippen MR) is 140 cm³/mol. The smallest absolute Gasteiger partial charge is 0.193 e. The van der Waals surface area contributed by atoms with Gasteiger partial charge in [-0.2, -0.15) is 0 Å². The maximum absolute atomic E-state index is 12.7. The Labute approximate surface area is 205 Å². The number of carbonyl (C=O) groups is 1. The normalized spacial score (nSPS) is 10.5. The lowest BCUT2D eigenvalue weighted by Crippen LogP contribution is -2.00. The highest BCUT2D eigenvalue weighted by atomic mass is 16.5. The number of ether oxygens (including phenoxy) is 2. The quantitative estimate of drug-likeness (QED) is 0.230. The Bertz CT molecular complexity index is 1400. The van der Waals surface area contributed by atoms with Crippen molar-refractivity contribution in [1.82, 2.24) is 0 Å². The molecular weight excluding hydrogens is 432 g/mol. The predicted octanol–water partition coefficient (Wildman–Crippen LogP) is 8.48. The van der Waals surface area contributed by atoms with E-state index in [1.54, 1.807) is 12.1 Å². The second kappa shape index (κ2) is 10.1. The van der Waals surface area contributed by atoms with Crippen LogP contribution in [0, 0.1) is 6.92 Å². The SMILES string of the molecule is Cc1ccc(C(=O)c2ccc(Oc3ccc(-c4ccc(Oc5ccccc5)cc4)cc3)cc2)cc1. The van der Waals surface area contributed by atoms with Gasteiger partial charge in [0.2, 0.25) is 0 Å². The number of carbonyl (C=O) groups excluding carboxylic acids is 1. The maximum Gasteiger partial charge on any atom is 0.193 e. The van der Waals surface area contributed by atoms with Crippen molar-refractivity contribution in [3.05, 3.63) is 144 Å². The third-order valence-electron chi connectivity index (χ3n) is 5.69. The molecule has 0 saturated heterocycles. The van der Waals surface area contributed by atoms with E-state index in [1.807, 2.05) is 122 Å². The largest absolute Gasteiger partial charge is 0.457 e. The lowest BCUT2D eigenvalue weighted by Gasteiger charge is -2.09. The summed E-state index contributed by atoms with van der Waals surface area (Å²) in [6.45, 7) is 2.00. The number of hydrogen-bond acceptors (Lipinski definition) is 3. The highest BCUT2D eigenvalue weighted by Gasteiger charge is 2.09. The van der Waals surface area contributed by atoms with Gasteiger partial charge in [0, 0.05) is 11.1 Å². The average molecular weight is 457 g/mol. The minimum atomic E-state index is 0.00101. The van der Waals surface area contributed by atoms with E-state index in [1.165, 1.54) is 0 Å². The van der Waals surface area contributed by atoms with E-state index in [4.69, 9.17) is 9.47 Å². The van der Waals surface area contributed by atoms with Crippen LogP contribution in [0.2, 0.25) is 0 Å². The van der Waals surface area contributed by atoms with Crippen molar-refractivity contribution in [1.29, 1.82) is 0 Å². The number of ketones is 1. The molecule has 170 valence electrons. The fourth-order valence-corrected chi connectivity index (χ4v) is 3.74. The van der Waals surface area contributed by atoms with Crippen molar-refractivity contribution in [2.75, 3.05) is 0 Å². The molecule has 0 aliphatic rings. The third kappa shape index (κ3) is 5.48. The lowest BCUT2D eigenvalue weighted by atomic mass is 10.0. The van der Waals surface area contributed by atoms with Gasteiger partial charge in [0.05, 0.1) is 0 Å². The third-order valence-corrected chi connectivity index (χ3v) is 5.69. The Balaban J connectivity index is 1.22. The van der Waals surface area contributed by atoms with Gasteiger partial charge in [-0.05, 0) is 78.7 Å². The first-order valence-corrected chi connectivity index (χ1v) is 11.5. The summed E-state index contributed by atoms with van der Waals surface area (Å²) >= 11 is 0. The number of aryl methyl sites for hydroxylation is 1. The summed E-state index contributed by atoms with van der Waals surface area (Å²) < 4.78 is 11.8. The summed E-state index contributed by atoms with van der Waals surface area (Å²) in [5.74, 6) is 3.02. The Hall–Kier alpha value is -4.63. The van der Waals surface area contributed by atoms with Crippen molar-refractivity contribution < 1.29 is 14.3 Å². The molecule has 0 N–H and O–H groups in total. The van der Waals surface area contributed by atoms with Crippen molar-refractivity contribution in [2.45, 2.75) is 6.92 Å². The van der Waals surface area contributed by atoms with E-state index in [0.29, 0.717) is 16.9 Å². The number of hydrogen-bond donors (Lipinski definition) is 0. The summed E-state index contributed by atoms with van der Waals surface area (Å²) in [6.07, 6.45) is 0. The molecule has 35 heavy (non-hydrogen) atoms. The molecule has 0 spiro atoms. The van der Waals surface area contributed by atoms with Crippen LogP contribution >= 0.6 is 0 Å². The summed E-state index contributed by atoms with van der Waals surface area (Å²) in [5, 5.41) is 0. The number of para-hydroxylation sites is 1. The average Bonchev–Trinajstić information content (AvgIpc) is 2.91. The van der Waals surface area contributed by atoms with Crippen LogP contribution in [-0.4, -0.2) is 5.78 Å². The number of benzene rings is 5. The molecule has 0 amide bonds. The molecule has 3 nitrogen and oxygen atoms in total. The molecule has 0 fully saturated rings. The fraction of sp³-hybridized carbons (Fsp3) is 0.0312. The molecule has 0 atom stereocenters. The van der Waals surface area contributed by atoms with Gasteiger partial charge >= 0.3 is 0 Å². The molecule has 0 saturated carbocycles. The van der Waals surface area contributed by atoms with Crippen molar-refractivity contribution in [3.63, 3.8) is 0 Å². The van der Waals surface area contributed by atoms with Crippen LogP contribution in [0.25, 0.3) is 11.1 Å².